The van der Waals surface area contributed by atoms with Gasteiger partial charge in [0.15, 0.2) is 10.8 Å². The molecule has 0 radical (unpaired) electrons. The fourth-order valence-electron chi connectivity index (χ4n) is 3.38. The molecule has 1 N–H and O–H groups in total. The van der Waals surface area contributed by atoms with E-state index >= 15 is 0 Å². The van der Waals surface area contributed by atoms with Crippen molar-refractivity contribution in [2.24, 2.45) is 0 Å². The van der Waals surface area contributed by atoms with E-state index in [2.05, 4.69) is 25.5 Å². The Balaban J connectivity index is 1.37. The summed E-state index contributed by atoms with van der Waals surface area (Å²) < 4.78 is 2.75. The highest BCUT2D eigenvalue weighted by Gasteiger charge is 2.36. The highest BCUT2D eigenvalue weighted by Crippen LogP contribution is 2.40. The van der Waals surface area contributed by atoms with Gasteiger partial charge in [0, 0.05) is 29.7 Å². The van der Waals surface area contributed by atoms with Crippen LogP contribution in [-0.2, 0) is 0 Å². The van der Waals surface area contributed by atoms with Crippen molar-refractivity contribution < 1.29 is 4.79 Å². The molecule has 1 aliphatic carbocycles. The SMILES string of the molecule is O=C(NC1CC(c2nnc(-c3nccs3)n2-c2ccc(Cl)s2)C1)c1ccccn1. The highest BCUT2D eigenvalue weighted by molar-refractivity contribution is 7.18. The minimum absolute atomic E-state index is 0.0925. The van der Waals surface area contributed by atoms with E-state index in [0.29, 0.717) is 10.0 Å². The molecular weight excluding hydrogens is 428 g/mol. The Labute approximate surface area is 179 Å². The van der Waals surface area contributed by atoms with E-state index in [0.717, 1.165) is 34.5 Å². The predicted molar refractivity (Wildman–Crippen MR) is 113 cm³/mol. The van der Waals surface area contributed by atoms with Crippen LogP contribution in [0.1, 0.15) is 35.1 Å². The summed E-state index contributed by atoms with van der Waals surface area (Å²) >= 11 is 9.17. The van der Waals surface area contributed by atoms with Crippen LogP contribution in [-0.4, -0.2) is 36.7 Å². The summed E-state index contributed by atoms with van der Waals surface area (Å²) in [6.07, 6.45) is 4.97. The van der Waals surface area contributed by atoms with E-state index in [1.165, 1.54) is 22.7 Å². The number of halogens is 1. The molecular formula is C19H15ClN6OS2. The maximum absolute atomic E-state index is 12.3. The fourth-order valence-corrected chi connectivity index (χ4v) is 5.03. The zero-order valence-corrected chi connectivity index (χ0v) is 17.4. The van der Waals surface area contributed by atoms with Crippen molar-refractivity contribution >= 4 is 40.2 Å². The number of thiophene rings is 1. The molecule has 10 heteroatoms. The van der Waals surface area contributed by atoms with Crippen LogP contribution in [0.2, 0.25) is 4.34 Å². The quantitative estimate of drug-likeness (QED) is 0.501. The van der Waals surface area contributed by atoms with Crippen molar-refractivity contribution in [1.82, 2.24) is 30.0 Å². The van der Waals surface area contributed by atoms with E-state index < -0.39 is 0 Å². The van der Waals surface area contributed by atoms with Crippen molar-refractivity contribution in [1.29, 1.82) is 0 Å². The summed E-state index contributed by atoms with van der Waals surface area (Å²) in [5.74, 6) is 1.64. The van der Waals surface area contributed by atoms with Gasteiger partial charge in [0.2, 0.25) is 0 Å². The monoisotopic (exact) mass is 442 g/mol. The van der Waals surface area contributed by atoms with Gasteiger partial charge in [-0.15, -0.1) is 32.9 Å². The van der Waals surface area contributed by atoms with Gasteiger partial charge < -0.3 is 5.32 Å². The second-order valence-electron chi connectivity index (χ2n) is 6.69. The lowest BCUT2D eigenvalue weighted by molar-refractivity contribution is 0.0902. The summed E-state index contributed by atoms with van der Waals surface area (Å²) in [4.78, 5) is 20.8. The number of hydrogen-bond acceptors (Lipinski definition) is 7. The molecule has 4 heterocycles. The Morgan fingerprint density at radius 3 is 2.72 bits per heavy atom. The zero-order valence-electron chi connectivity index (χ0n) is 15.0. The predicted octanol–water partition coefficient (Wildman–Crippen LogP) is 4.18. The third-order valence-electron chi connectivity index (χ3n) is 4.83. The number of rotatable bonds is 5. The van der Waals surface area contributed by atoms with Gasteiger partial charge >= 0.3 is 0 Å². The van der Waals surface area contributed by atoms with Gasteiger partial charge in [0.25, 0.3) is 5.91 Å². The van der Waals surface area contributed by atoms with Gasteiger partial charge in [-0.3, -0.25) is 14.3 Å². The molecule has 0 unspecified atom stereocenters. The molecule has 4 aromatic heterocycles. The van der Waals surface area contributed by atoms with Crippen LogP contribution in [0, 0.1) is 0 Å². The van der Waals surface area contributed by atoms with Crippen molar-refractivity contribution in [2.75, 3.05) is 0 Å². The highest BCUT2D eigenvalue weighted by atomic mass is 35.5. The average molecular weight is 443 g/mol. The number of aromatic nitrogens is 5. The van der Waals surface area contributed by atoms with Crippen LogP contribution < -0.4 is 5.32 Å². The summed E-state index contributed by atoms with van der Waals surface area (Å²) in [6.45, 7) is 0. The van der Waals surface area contributed by atoms with Gasteiger partial charge in [0.05, 0.1) is 4.34 Å². The molecule has 0 aromatic carbocycles. The average Bonchev–Trinajstić information content (AvgIpc) is 3.44. The molecule has 5 rings (SSSR count). The second kappa shape index (κ2) is 7.66. The minimum Gasteiger partial charge on any atom is -0.348 e. The Morgan fingerprint density at radius 1 is 1.14 bits per heavy atom. The van der Waals surface area contributed by atoms with E-state index in [9.17, 15) is 4.79 Å². The topological polar surface area (TPSA) is 85.6 Å². The number of pyridine rings is 1. The number of carbonyl (C=O) groups excluding carboxylic acids is 1. The molecule has 7 nitrogen and oxygen atoms in total. The zero-order chi connectivity index (χ0) is 19.8. The third-order valence-corrected chi connectivity index (χ3v) is 6.81. The molecule has 0 atom stereocenters. The lowest BCUT2D eigenvalue weighted by Crippen LogP contribution is -2.44. The molecule has 0 bridgehead atoms. The Hall–Kier alpha value is -2.62. The molecule has 1 saturated carbocycles. The molecule has 1 amide bonds. The molecule has 146 valence electrons. The molecule has 4 aromatic rings. The van der Waals surface area contributed by atoms with Crippen LogP contribution in [0.3, 0.4) is 0 Å². The maximum Gasteiger partial charge on any atom is 0.270 e. The van der Waals surface area contributed by atoms with Gasteiger partial charge in [0.1, 0.15) is 16.5 Å². The maximum atomic E-state index is 12.3. The Kier molecular flexibility index (Phi) is 4.86. The van der Waals surface area contributed by atoms with Gasteiger partial charge in [-0.05, 0) is 37.1 Å². The van der Waals surface area contributed by atoms with Gasteiger partial charge in [-0.25, -0.2) is 4.98 Å². The van der Waals surface area contributed by atoms with Crippen molar-refractivity contribution in [2.45, 2.75) is 24.8 Å². The van der Waals surface area contributed by atoms with Crippen LogP contribution in [0.15, 0.2) is 48.1 Å². The van der Waals surface area contributed by atoms with Crippen molar-refractivity contribution in [3.05, 3.63) is 64.0 Å². The first-order chi connectivity index (χ1) is 14.2. The van der Waals surface area contributed by atoms with E-state index in [1.54, 1.807) is 30.6 Å². The molecule has 0 spiro atoms. The summed E-state index contributed by atoms with van der Waals surface area (Å²) in [5, 5.41) is 15.6. The molecule has 29 heavy (non-hydrogen) atoms. The summed E-state index contributed by atoms with van der Waals surface area (Å²) in [6, 6.07) is 9.24. The van der Waals surface area contributed by atoms with Crippen molar-refractivity contribution in [3.8, 4) is 15.8 Å². The van der Waals surface area contributed by atoms with E-state index in [1.807, 2.05) is 22.1 Å². The second-order valence-corrected chi connectivity index (χ2v) is 9.27. The van der Waals surface area contributed by atoms with E-state index in [-0.39, 0.29) is 17.9 Å². The summed E-state index contributed by atoms with van der Waals surface area (Å²) in [5.41, 5.74) is 0.429. The third kappa shape index (κ3) is 3.57. The molecule has 1 fully saturated rings. The number of hydrogen-bond donors (Lipinski definition) is 1. The normalized spacial score (nSPS) is 18.4. The molecule has 0 saturated heterocycles. The Bertz CT molecular complexity index is 1130. The van der Waals surface area contributed by atoms with Crippen LogP contribution in [0.5, 0.6) is 0 Å². The molecule has 0 aliphatic heterocycles. The lowest BCUT2D eigenvalue weighted by atomic mass is 9.79. The number of carbonyl (C=O) groups is 1. The van der Waals surface area contributed by atoms with E-state index in [4.69, 9.17) is 11.6 Å². The standard InChI is InChI=1S/C19H15ClN6OS2/c20-14-4-5-15(29-14)26-16(24-25-17(26)19-22-7-8-28-19)11-9-12(10-11)23-18(27)13-3-1-2-6-21-13/h1-8,11-12H,9-10H2,(H,23,27). The van der Waals surface area contributed by atoms with Crippen LogP contribution in [0.25, 0.3) is 15.8 Å². The smallest absolute Gasteiger partial charge is 0.270 e. The number of nitrogens with zero attached hydrogens (tertiary/aromatic N) is 5. The number of thiazole rings is 1. The first-order valence-corrected chi connectivity index (χ1v) is 11.1. The van der Waals surface area contributed by atoms with Gasteiger partial charge in [-0.2, -0.15) is 0 Å². The largest absolute Gasteiger partial charge is 0.348 e. The van der Waals surface area contributed by atoms with Crippen LogP contribution >= 0.6 is 34.3 Å². The number of nitrogens with one attached hydrogen (secondary N) is 1. The van der Waals surface area contributed by atoms with Crippen molar-refractivity contribution in [3.63, 3.8) is 0 Å². The lowest BCUT2D eigenvalue weighted by Gasteiger charge is -2.35. The summed E-state index contributed by atoms with van der Waals surface area (Å²) in [7, 11) is 0. The van der Waals surface area contributed by atoms with Crippen LogP contribution in [0.4, 0.5) is 0 Å². The van der Waals surface area contributed by atoms with Gasteiger partial charge in [-0.1, -0.05) is 17.7 Å². The fraction of sp³-hybridized carbons (Fsp3) is 0.211. The minimum atomic E-state index is -0.149. The Morgan fingerprint density at radius 2 is 2.03 bits per heavy atom. The number of amides is 1. The first-order valence-electron chi connectivity index (χ1n) is 9.02. The first kappa shape index (κ1) is 18.4. The molecule has 1 aliphatic rings.